The summed E-state index contributed by atoms with van der Waals surface area (Å²) in [4.78, 5) is 41.5. The van der Waals surface area contributed by atoms with Crippen molar-refractivity contribution >= 4 is 29.3 Å². The summed E-state index contributed by atoms with van der Waals surface area (Å²) in [5.41, 5.74) is -1.39. The molecule has 0 saturated heterocycles. The van der Waals surface area contributed by atoms with Crippen LogP contribution in [0.2, 0.25) is 5.02 Å². The molecule has 2 aromatic rings. The molecule has 1 aromatic carbocycles. The zero-order chi connectivity index (χ0) is 20.2. The maximum atomic E-state index is 13.0. The minimum Gasteiger partial charge on any atom is -0.469 e. The number of hydrogen-bond acceptors (Lipinski definition) is 6. The average molecular weight is 412 g/mol. The Morgan fingerprint density at radius 1 is 1.22 bits per heavy atom. The summed E-state index contributed by atoms with van der Waals surface area (Å²) in [6, 6.07) is 7.09. The van der Waals surface area contributed by atoms with Gasteiger partial charge < -0.3 is 4.74 Å². The maximum Gasteiger partial charge on any atom is 0.354 e. The minimum atomic E-state index is -1.04. The van der Waals surface area contributed by atoms with Crippen LogP contribution in [-0.2, 0) is 22.6 Å². The van der Waals surface area contributed by atoms with Crippen molar-refractivity contribution in [3.05, 3.63) is 55.8 Å². The Morgan fingerprint density at radius 3 is 2.41 bits per heavy atom. The van der Waals surface area contributed by atoms with E-state index < -0.39 is 22.8 Å². The van der Waals surface area contributed by atoms with E-state index in [1.807, 2.05) is 19.1 Å². The van der Waals surface area contributed by atoms with Crippen LogP contribution in [0.5, 0.6) is 0 Å². The van der Waals surface area contributed by atoms with Crippen LogP contribution in [0.15, 0.2) is 39.0 Å². The van der Waals surface area contributed by atoms with Crippen LogP contribution >= 0.6 is 23.4 Å². The molecule has 2 rings (SSSR count). The molecule has 0 aliphatic carbocycles. The minimum absolute atomic E-state index is 0.123. The molecule has 7 nitrogen and oxygen atoms in total. The van der Waals surface area contributed by atoms with Crippen molar-refractivity contribution < 1.29 is 9.53 Å². The molecule has 0 saturated carbocycles. The first-order valence-electron chi connectivity index (χ1n) is 8.37. The molecule has 0 spiro atoms. The van der Waals surface area contributed by atoms with Crippen molar-refractivity contribution in [2.45, 2.75) is 39.0 Å². The monoisotopic (exact) mass is 411 g/mol. The van der Waals surface area contributed by atoms with E-state index in [0.717, 1.165) is 10.1 Å². The number of methoxy groups -OCH3 is 1. The van der Waals surface area contributed by atoms with Gasteiger partial charge in [0.2, 0.25) is 0 Å². The van der Waals surface area contributed by atoms with E-state index >= 15 is 0 Å². The summed E-state index contributed by atoms with van der Waals surface area (Å²) in [6.45, 7) is 5.26. The van der Waals surface area contributed by atoms with Gasteiger partial charge in [0, 0.05) is 11.6 Å². The van der Waals surface area contributed by atoms with E-state index in [2.05, 4.69) is 4.98 Å². The normalized spacial score (nSPS) is 11.4. The second-order valence-electron chi connectivity index (χ2n) is 6.57. The number of carbonyl (C=O) groups is 1. The third-order valence-corrected chi connectivity index (χ3v) is 5.04. The number of hydrogen-bond donors (Lipinski definition) is 0. The van der Waals surface area contributed by atoms with Crippen LogP contribution < -0.4 is 11.4 Å². The topological polar surface area (TPSA) is 83.2 Å². The number of aromatic nitrogens is 3. The maximum absolute atomic E-state index is 13.0. The predicted molar refractivity (Wildman–Crippen MR) is 106 cm³/mol. The summed E-state index contributed by atoms with van der Waals surface area (Å²) in [6.07, 6.45) is 0. The Labute approximate surface area is 166 Å². The number of ether oxygens (including phenoxy) is 1. The molecule has 0 amide bonds. The number of halogens is 1. The molecule has 146 valence electrons. The lowest BCUT2D eigenvalue weighted by atomic mass is 9.94. The predicted octanol–water partition coefficient (Wildman–Crippen LogP) is 2.42. The molecule has 0 atom stereocenters. The first-order chi connectivity index (χ1) is 12.7. The number of carbonyl (C=O) groups excluding carboxylic acids is 1. The van der Waals surface area contributed by atoms with Gasteiger partial charge >= 0.3 is 17.3 Å². The van der Waals surface area contributed by atoms with Crippen molar-refractivity contribution in [3.63, 3.8) is 0 Å². The quantitative estimate of drug-likeness (QED) is 0.514. The smallest absolute Gasteiger partial charge is 0.354 e. The van der Waals surface area contributed by atoms with E-state index in [1.54, 1.807) is 26.0 Å². The lowest BCUT2D eigenvalue weighted by Crippen LogP contribution is -2.46. The van der Waals surface area contributed by atoms with Gasteiger partial charge in [-0.1, -0.05) is 42.4 Å². The lowest BCUT2D eigenvalue weighted by Gasteiger charge is -2.22. The molecule has 0 bridgehead atoms. The van der Waals surface area contributed by atoms with Crippen LogP contribution in [0.3, 0.4) is 0 Å². The summed E-state index contributed by atoms with van der Waals surface area (Å²) >= 11 is 7.23. The van der Waals surface area contributed by atoms with Gasteiger partial charge in [0.05, 0.1) is 19.1 Å². The first kappa shape index (κ1) is 21.2. The largest absolute Gasteiger partial charge is 0.469 e. The van der Waals surface area contributed by atoms with Gasteiger partial charge in [-0.2, -0.15) is 4.98 Å². The van der Waals surface area contributed by atoms with Gasteiger partial charge in [-0.25, -0.2) is 14.2 Å². The van der Waals surface area contributed by atoms with Crippen LogP contribution in [0, 0.1) is 5.41 Å². The van der Waals surface area contributed by atoms with E-state index in [1.165, 1.54) is 23.4 Å². The number of nitrogens with zero attached hydrogens (tertiary/aromatic N) is 3. The fourth-order valence-corrected chi connectivity index (χ4v) is 3.36. The standard InChI is InChI=1S/C18H22ClN3O4S/c1-5-27-16-20-15(24)22(11-18(2,3)14(23)26-4)17(25)21(16)10-12-6-8-13(19)9-7-12/h6-9H,5,10-11H2,1-4H3. The highest BCUT2D eigenvalue weighted by Crippen LogP contribution is 2.19. The third-order valence-electron chi connectivity index (χ3n) is 3.93. The van der Waals surface area contributed by atoms with Crippen molar-refractivity contribution in [1.29, 1.82) is 0 Å². The molecule has 1 heterocycles. The van der Waals surface area contributed by atoms with Crippen LogP contribution in [0.1, 0.15) is 26.3 Å². The number of benzene rings is 1. The highest BCUT2D eigenvalue weighted by Gasteiger charge is 2.31. The SMILES string of the molecule is CCSc1nc(=O)n(CC(C)(C)C(=O)OC)c(=O)n1Cc1ccc(Cl)cc1. The molecule has 27 heavy (non-hydrogen) atoms. The van der Waals surface area contributed by atoms with E-state index in [9.17, 15) is 14.4 Å². The van der Waals surface area contributed by atoms with Crippen LogP contribution in [0.4, 0.5) is 0 Å². The van der Waals surface area contributed by atoms with Crippen LogP contribution in [0.25, 0.3) is 0 Å². The molecule has 0 aliphatic rings. The second kappa shape index (κ2) is 8.75. The van der Waals surface area contributed by atoms with Gasteiger partial charge in [-0.3, -0.25) is 9.36 Å². The van der Waals surface area contributed by atoms with Crippen LogP contribution in [-0.4, -0.2) is 33.0 Å². The van der Waals surface area contributed by atoms with Gasteiger partial charge in [-0.05, 0) is 37.3 Å². The van der Waals surface area contributed by atoms with Crippen molar-refractivity contribution in [2.75, 3.05) is 12.9 Å². The van der Waals surface area contributed by atoms with E-state index in [-0.39, 0.29) is 13.1 Å². The van der Waals surface area contributed by atoms with E-state index in [4.69, 9.17) is 16.3 Å². The zero-order valence-corrected chi connectivity index (χ0v) is 17.3. The Balaban J connectivity index is 2.53. The fraction of sp³-hybridized carbons (Fsp3) is 0.444. The fourth-order valence-electron chi connectivity index (χ4n) is 2.53. The molecule has 0 N–H and O–H groups in total. The van der Waals surface area contributed by atoms with E-state index in [0.29, 0.717) is 15.9 Å². The molecule has 1 aromatic heterocycles. The Hall–Kier alpha value is -2.06. The van der Waals surface area contributed by atoms with Gasteiger partial charge in [0.1, 0.15) is 0 Å². The molecule has 9 heteroatoms. The number of rotatable bonds is 7. The summed E-state index contributed by atoms with van der Waals surface area (Å²) < 4.78 is 7.18. The molecule has 0 radical (unpaired) electrons. The second-order valence-corrected chi connectivity index (χ2v) is 8.23. The van der Waals surface area contributed by atoms with Gasteiger partial charge in [-0.15, -0.1) is 0 Å². The molecule has 0 fully saturated rings. The summed E-state index contributed by atoms with van der Waals surface area (Å²) in [5, 5.41) is 0.937. The number of esters is 1. The van der Waals surface area contributed by atoms with Gasteiger partial charge in [0.15, 0.2) is 5.16 Å². The highest BCUT2D eigenvalue weighted by molar-refractivity contribution is 7.99. The summed E-state index contributed by atoms with van der Waals surface area (Å²) in [5.74, 6) is 0.148. The lowest BCUT2D eigenvalue weighted by molar-refractivity contribution is -0.151. The third kappa shape index (κ3) is 5.01. The molecular formula is C18H22ClN3O4S. The zero-order valence-electron chi connectivity index (χ0n) is 15.7. The highest BCUT2D eigenvalue weighted by atomic mass is 35.5. The molecule has 0 aliphatic heterocycles. The Kier molecular flexibility index (Phi) is 6.89. The Morgan fingerprint density at radius 2 is 1.85 bits per heavy atom. The molecular weight excluding hydrogens is 390 g/mol. The molecule has 0 unspecified atom stereocenters. The Bertz CT molecular complexity index is 935. The summed E-state index contributed by atoms with van der Waals surface area (Å²) in [7, 11) is 1.27. The van der Waals surface area contributed by atoms with Crippen molar-refractivity contribution in [1.82, 2.24) is 14.1 Å². The van der Waals surface area contributed by atoms with Gasteiger partial charge in [0.25, 0.3) is 0 Å². The van der Waals surface area contributed by atoms with Crippen molar-refractivity contribution in [3.8, 4) is 0 Å². The first-order valence-corrected chi connectivity index (χ1v) is 9.73. The number of thioether (sulfide) groups is 1. The van der Waals surface area contributed by atoms with Crippen molar-refractivity contribution in [2.24, 2.45) is 5.41 Å². The average Bonchev–Trinajstić information content (AvgIpc) is 2.63.